The third kappa shape index (κ3) is 3.29. The van der Waals surface area contributed by atoms with Gasteiger partial charge in [0.05, 0.1) is 6.20 Å². The number of nitrogens with zero attached hydrogens (tertiary/aromatic N) is 1. The summed E-state index contributed by atoms with van der Waals surface area (Å²) in [6.07, 6.45) is 1.62. The second-order valence-electron chi connectivity index (χ2n) is 4.30. The van der Waals surface area contributed by atoms with E-state index in [1.54, 1.807) is 20.8 Å². The number of aliphatic hydroxyl groups excluding tert-OH is 1. The number of hydrogen-bond donors (Lipinski definition) is 3. The summed E-state index contributed by atoms with van der Waals surface area (Å²) in [6, 6.07) is 0. The number of H-pyrrole nitrogens is 1. The molecular formula is C9H17N3O3S. The van der Waals surface area contributed by atoms with Crippen LogP contribution in [0.25, 0.3) is 0 Å². The highest BCUT2D eigenvalue weighted by Gasteiger charge is 2.26. The van der Waals surface area contributed by atoms with Gasteiger partial charge in [0.15, 0.2) is 5.03 Å². The maximum Gasteiger partial charge on any atom is 0.258 e. The summed E-state index contributed by atoms with van der Waals surface area (Å²) >= 11 is 0. The summed E-state index contributed by atoms with van der Waals surface area (Å²) in [4.78, 5) is 6.49. The predicted octanol–water partition coefficient (Wildman–Crippen LogP) is 0.157. The minimum atomic E-state index is -3.60. The zero-order valence-electron chi connectivity index (χ0n) is 9.61. The van der Waals surface area contributed by atoms with Gasteiger partial charge in [-0.2, -0.15) is 0 Å². The fraction of sp³-hybridized carbons (Fsp3) is 0.667. The van der Waals surface area contributed by atoms with Crippen molar-refractivity contribution in [3.8, 4) is 0 Å². The molecule has 3 N–H and O–H groups in total. The van der Waals surface area contributed by atoms with Gasteiger partial charge >= 0.3 is 0 Å². The van der Waals surface area contributed by atoms with Crippen molar-refractivity contribution in [2.75, 3.05) is 6.61 Å². The summed E-state index contributed by atoms with van der Waals surface area (Å²) in [5, 5.41) is 8.86. The first-order chi connectivity index (χ1) is 7.27. The average molecular weight is 247 g/mol. The Balaban J connectivity index is 2.88. The van der Waals surface area contributed by atoms with Crippen molar-refractivity contribution >= 4 is 10.0 Å². The van der Waals surface area contributed by atoms with Gasteiger partial charge in [-0.15, -0.1) is 0 Å². The second kappa shape index (κ2) is 4.52. The number of aromatic amines is 1. The van der Waals surface area contributed by atoms with E-state index in [2.05, 4.69) is 14.7 Å². The Morgan fingerprint density at radius 1 is 1.56 bits per heavy atom. The molecule has 0 radical (unpaired) electrons. The lowest BCUT2D eigenvalue weighted by atomic mass is 10.0. The van der Waals surface area contributed by atoms with Crippen LogP contribution in [0.4, 0.5) is 0 Å². The van der Waals surface area contributed by atoms with E-state index in [1.165, 1.54) is 6.20 Å². The van der Waals surface area contributed by atoms with Gasteiger partial charge in [0.1, 0.15) is 5.82 Å². The number of rotatable bonds is 5. The molecule has 0 aliphatic heterocycles. The van der Waals surface area contributed by atoms with Crippen LogP contribution in [-0.4, -0.2) is 35.6 Å². The molecule has 0 atom stereocenters. The van der Waals surface area contributed by atoms with Crippen LogP contribution >= 0.6 is 0 Å². The van der Waals surface area contributed by atoms with Crippen LogP contribution in [0.2, 0.25) is 0 Å². The fourth-order valence-electron chi connectivity index (χ4n) is 1.28. The van der Waals surface area contributed by atoms with Crippen LogP contribution in [0.15, 0.2) is 11.2 Å². The maximum absolute atomic E-state index is 11.9. The molecular weight excluding hydrogens is 230 g/mol. The van der Waals surface area contributed by atoms with Gasteiger partial charge in [0.2, 0.25) is 0 Å². The van der Waals surface area contributed by atoms with E-state index in [4.69, 9.17) is 5.11 Å². The second-order valence-corrected chi connectivity index (χ2v) is 5.95. The van der Waals surface area contributed by atoms with E-state index in [9.17, 15) is 8.42 Å². The predicted molar refractivity (Wildman–Crippen MR) is 59.4 cm³/mol. The summed E-state index contributed by atoms with van der Waals surface area (Å²) < 4.78 is 26.2. The maximum atomic E-state index is 11.9. The SMILES string of the molecule is Cc1ncc(S(=O)(=O)NC(C)(C)CCO)[nH]1. The zero-order chi connectivity index (χ0) is 12.4. The molecule has 92 valence electrons. The monoisotopic (exact) mass is 247 g/mol. The largest absolute Gasteiger partial charge is 0.396 e. The highest BCUT2D eigenvalue weighted by atomic mass is 32.2. The lowest BCUT2D eigenvalue weighted by Crippen LogP contribution is -2.44. The number of aliphatic hydroxyl groups is 1. The van der Waals surface area contributed by atoms with Gasteiger partial charge in [0.25, 0.3) is 10.0 Å². The van der Waals surface area contributed by atoms with E-state index in [-0.39, 0.29) is 11.6 Å². The summed E-state index contributed by atoms with van der Waals surface area (Å²) in [7, 11) is -3.60. The van der Waals surface area contributed by atoms with E-state index >= 15 is 0 Å². The Labute approximate surface area is 95.2 Å². The quantitative estimate of drug-likeness (QED) is 0.690. The Morgan fingerprint density at radius 2 is 2.19 bits per heavy atom. The molecule has 16 heavy (non-hydrogen) atoms. The minimum absolute atomic E-state index is 0.0380. The van der Waals surface area contributed by atoms with Crippen molar-refractivity contribution < 1.29 is 13.5 Å². The molecule has 0 aliphatic carbocycles. The highest BCUT2D eigenvalue weighted by molar-refractivity contribution is 7.89. The summed E-state index contributed by atoms with van der Waals surface area (Å²) in [5.41, 5.74) is -0.688. The molecule has 6 nitrogen and oxygen atoms in total. The first-order valence-corrected chi connectivity index (χ1v) is 6.42. The molecule has 1 heterocycles. The van der Waals surface area contributed by atoms with Crippen LogP contribution in [0.3, 0.4) is 0 Å². The lowest BCUT2D eigenvalue weighted by Gasteiger charge is -2.24. The number of hydrogen-bond acceptors (Lipinski definition) is 4. The molecule has 7 heteroatoms. The molecule has 0 aliphatic rings. The molecule has 1 aromatic rings. The highest BCUT2D eigenvalue weighted by Crippen LogP contribution is 2.13. The average Bonchev–Trinajstić information content (AvgIpc) is 2.49. The summed E-state index contributed by atoms with van der Waals surface area (Å²) in [6.45, 7) is 5.03. The van der Waals surface area contributed by atoms with E-state index in [1.807, 2.05) is 0 Å². The van der Waals surface area contributed by atoms with Crippen LogP contribution in [0.1, 0.15) is 26.1 Å². The van der Waals surface area contributed by atoms with Crippen molar-refractivity contribution in [2.45, 2.75) is 37.8 Å². The first kappa shape index (κ1) is 13.1. The van der Waals surface area contributed by atoms with Gasteiger partial charge in [-0.25, -0.2) is 18.1 Å². The van der Waals surface area contributed by atoms with Gasteiger partial charge in [0, 0.05) is 12.1 Å². The standard InChI is InChI=1S/C9H17N3O3S/c1-7-10-6-8(11-7)16(14,15)12-9(2,3)4-5-13/h6,12-13H,4-5H2,1-3H3,(H,10,11). The fourth-order valence-corrected chi connectivity index (χ4v) is 2.70. The number of imidazole rings is 1. The molecule has 0 fully saturated rings. The Kier molecular flexibility index (Phi) is 3.72. The van der Waals surface area contributed by atoms with Crippen LogP contribution < -0.4 is 4.72 Å². The first-order valence-electron chi connectivity index (χ1n) is 4.93. The smallest absolute Gasteiger partial charge is 0.258 e. The van der Waals surface area contributed by atoms with Crippen LogP contribution in [0, 0.1) is 6.92 Å². The lowest BCUT2D eigenvalue weighted by molar-refractivity contribution is 0.245. The number of sulfonamides is 1. The van der Waals surface area contributed by atoms with Crippen molar-refractivity contribution in [2.24, 2.45) is 0 Å². The normalized spacial score (nSPS) is 13.0. The minimum Gasteiger partial charge on any atom is -0.396 e. The van der Waals surface area contributed by atoms with Gasteiger partial charge in [-0.3, -0.25) is 0 Å². The number of aromatic nitrogens is 2. The molecule has 0 spiro atoms. The van der Waals surface area contributed by atoms with Crippen molar-refractivity contribution in [1.29, 1.82) is 0 Å². The molecule has 1 rings (SSSR count). The number of aryl methyl sites for hydroxylation is 1. The van der Waals surface area contributed by atoms with Gasteiger partial charge in [-0.1, -0.05) is 0 Å². The Morgan fingerprint density at radius 3 is 2.62 bits per heavy atom. The Hall–Kier alpha value is -0.920. The van der Waals surface area contributed by atoms with Gasteiger partial charge in [-0.05, 0) is 27.2 Å². The molecule has 0 saturated carbocycles. The summed E-state index contributed by atoms with van der Waals surface area (Å²) in [5.74, 6) is 0.542. The van der Waals surface area contributed by atoms with E-state index < -0.39 is 15.6 Å². The van der Waals surface area contributed by atoms with Crippen LogP contribution in [0.5, 0.6) is 0 Å². The van der Waals surface area contributed by atoms with Gasteiger partial charge < -0.3 is 10.1 Å². The number of nitrogens with one attached hydrogen (secondary N) is 2. The molecule has 0 saturated heterocycles. The van der Waals surface area contributed by atoms with Crippen molar-refractivity contribution in [1.82, 2.24) is 14.7 Å². The zero-order valence-corrected chi connectivity index (χ0v) is 10.4. The molecule has 0 bridgehead atoms. The van der Waals surface area contributed by atoms with E-state index in [0.29, 0.717) is 12.2 Å². The van der Waals surface area contributed by atoms with E-state index in [0.717, 1.165) is 0 Å². The third-order valence-corrected chi connectivity index (χ3v) is 3.72. The molecule has 0 amide bonds. The topological polar surface area (TPSA) is 95.1 Å². The van der Waals surface area contributed by atoms with Crippen LogP contribution in [-0.2, 0) is 10.0 Å². The third-order valence-electron chi connectivity index (χ3n) is 2.12. The molecule has 0 unspecified atom stereocenters. The molecule has 1 aromatic heterocycles. The van der Waals surface area contributed by atoms with Crippen molar-refractivity contribution in [3.63, 3.8) is 0 Å². The molecule has 0 aromatic carbocycles. The Bertz CT molecular complexity index is 450. The van der Waals surface area contributed by atoms with Crippen molar-refractivity contribution in [3.05, 3.63) is 12.0 Å².